The summed E-state index contributed by atoms with van der Waals surface area (Å²) in [5.41, 5.74) is 6.05. The van der Waals surface area contributed by atoms with Gasteiger partial charge in [-0.25, -0.2) is 0 Å². The molecule has 92 valence electrons. The van der Waals surface area contributed by atoms with Gasteiger partial charge < -0.3 is 10.6 Å². The molecule has 1 unspecified atom stereocenters. The third-order valence-corrected chi connectivity index (χ3v) is 3.02. The van der Waals surface area contributed by atoms with Crippen molar-refractivity contribution in [3.63, 3.8) is 0 Å². The summed E-state index contributed by atoms with van der Waals surface area (Å²) in [6.07, 6.45) is 3.79. The van der Waals surface area contributed by atoms with Gasteiger partial charge in [0.05, 0.1) is 0 Å². The average Bonchev–Trinajstić information content (AvgIpc) is 2.17. The van der Waals surface area contributed by atoms with E-state index in [1.807, 2.05) is 0 Å². The summed E-state index contributed by atoms with van der Waals surface area (Å²) in [4.78, 5) is 2.59. The first-order valence-corrected chi connectivity index (χ1v) is 6.41. The number of hydrogen-bond donors (Lipinski definition) is 1. The second kappa shape index (κ2) is 7.24. The fourth-order valence-corrected chi connectivity index (χ4v) is 1.96. The highest BCUT2D eigenvalue weighted by Crippen LogP contribution is 2.18. The van der Waals surface area contributed by atoms with E-state index in [1.54, 1.807) is 0 Å². The Morgan fingerprint density at radius 2 is 1.80 bits per heavy atom. The van der Waals surface area contributed by atoms with Gasteiger partial charge >= 0.3 is 0 Å². The molecule has 0 bridgehead atoms. The predicted molar refractivity (Wildman–Crippen MR) is 69.1 cm³/mol. The smallest absolute Gasteiger partial charge is 0.00670 e. The van der Waals surface area contributed by atoms with Crippen LogP contribution >= 0.6 is 0 Å². The lowest BCUT2D eigenvalue weighted by Crippen LogP contribution is -2.43. The lowest BCUT2D eigenvalue weighted by molar-refractivity contribution is 0.134. The van der Waals surface area contributed by atoms with Gasteiger partial charge in [-0.1, -0.05) is 34.1 Å². The molecule has 0 spiro atoms. The van der Waals surface area contributed by atoms with Gasteiger partial charge in [-0.3, -0.25) is 0 Å². The molecule has 0 aliphatic rings. The molecule has 0 aromatic rings. The first-order valence-electron chi connectivity index (χ1n) is 6.41. The van der Waals surface area contributed by atoms with Crippen molar-refractivity contribution < 1.29 is 0 Å². The summed E-state index contributed by atoms with van der Waals surface area (Å²) < 4.78 is 0. The molecule has 2 heteroatoms. The molecule has 0 fully saturated rings. The maximum absolute atomic E-state index is 5.80. The number of rotatable bonds is 8. The minimum atomic E-state index is 0.247. The van der Waals surface area contributed by atoms with E-state index < -0.39 is 0 Å². The van der Waals surface area contributed by atoms with Gasteiger partial charge in [-0.05, 0) is 38.3 Å². The normalized spacial score (nSPS) is 14.6. The maximum atomic E-state index is 5.80. The Morgan fingerprint density at radius 1 is 1.20 bits per heavy atom. The zero-order valence-corrected chi connectivity index (χ0v) is 11.3. The Balaban J connectivity index is 4.25. The molecule has 0 saturated heterocycles. The van der Waals surface area contributed by atoms with Crippen LogP contribution in [0.15, 0.2) is 0 Å². The second-order valence-electron chi connectivity index (χ2n) is 5.48. The zero-order chi connectivity index (χ0) is 11.9. The first-order chi connectivity index (χ1) is 6.96. The third kappa shape index (κ3) is 6.16. The molecular weight excluding hydrogens is 184 g/mol. The topological polar surface area (TPSA) is 29.3 Å². The summed E-state index contributed by atoms with van der Waals surface area (Å²) in [6.45, 7) is 14.5. The van der Waals surface area contributed by atoms with E-state index in [9.17, 15) is 0 Å². The summed E-state index contributed by atoms with van der Waals surface area (Å²) >= 11 is 0. The monoisotopic (exact) mass is 214 g/mol. The molecule has 0 heterocycles. The molecule has 2 N–H and O–H groups in total. The molecular formula is C13H30N2. The van der Waals surface area contributed by atoms with E-state index in [2.05, 4.69) is 39.5 Å². The Hall–Kier alpha value is -0.0800. The fourth-order valence-electron chi connectivity index (χ4n) is 1.96. The molecule has 15 heavy (non-hydrogen) atoms. The molecule has 0 radical (unpaired) electrons. The Kier molecular flexibility index (Phi) is 7.20. The van der Waals surface area contributed by atoms with Crippen molar-refractivity contribution in [3.8, 4) is 0 Å². The molecule has 0 saturated carbocycles. The third-order valence-electron chi connectivity index (χ3n) is 3.02. The molecule has 0 aromatic heterocycles. The van der Waals surface area contributed by atoms with Crippen molar-refractivity contribution in [1.29, 1.82) is 0 Å². The van der Waals surface area contributed by atoms with Crippen molar-refractivity contribution in [3.05, 3.63) is 0 Å². The largest absolute Gasteiger partial charge is 0.330 e. The van der Waals surface area contributed by atoms with Crippen LogP contribution in [-0.2, 0) is 0 Å². The van der Waals surface area contributed by atoms with Gasteiger partial charge in [-0.15, -0.1) is 0 Å². The Labute approximate surface area is 96.2 Å². The Bertz CT molecular complexity index is 155. The fraction of sp³-hybridized carbons (Fsp3) is 1.00. The van der Waals surface area contributed by atoms with Crippen molar-refractivity contribution in [2.75, 3.05) is 19.6 Å². The van der Waals surface area contributed by atoms with Gasteiger partial charge in [-0.2, -0.15) is 0 Å². The molecule has 0 aromatic carbocycles. The lowest BCUT2D eigenvalue weighted by atomic mass is 9.92. The van der Waals surface area contributed by atoms with Gasteiger partial charge in [0.25, 0.3) is 0 Å². The van der Waals surface area contributed by atoms with E-state index in [-0.39, 0.29) is 5.41 Å². The molecule has 0 aliphatic heterocycles. The first kappa shape index (κ1) is 14.9. The van der Waals surface area contributed by atoms with Crippen LogP contribution < -0.4 is 5.73 Å². The van der Waals surface area contributed by atoms with E-state index >= 15 is 0 Å². The SMILES string of the molecule is CCCC(C)N(CCC)CC(C)(C)CN. The van der Waals surface area contributed by atoms with Crippen molar-refractivity contribution in [1.82, 2.24) is 4.90 Å². The highest BCUT2D eigenvalue weighted by molar-refractivity contribution is 4.77. The second-order valence-corrected chi connectivity index (χ2v) is 5.48. The van der Waals surface area contributed by atoms with Gasteiger partial charge in [0.1, 0.15) is 0 Å². The number of nitrogens with two attached hydrogens (primary N) is 1. The minimum absolute atomic E-state index is 0.247. The summed E-state index contributed by atoms with van der Waals surface area (Å²) in [5, 5.41) is 0. The lowest BCUT2D eigenvalue weighted by Gasteiger charge is -2.35. The standard InChI is InChI=1S/C13H30N2/c1-6-8-12(3)15(9-7-2)11-13(4,5)10-14/h12H,6-11,14H2,1-5H3. The highest BCUT2D eigenvalue weighted by atomic mass is 15.2. The van der Waals surface area contributed by atoms with Crippen LogP contribution in [0.25, 0.3) is 0 Å². The van der Waals surface area contributed by atoms with E-state index in [0.29, 0.717) is 6.04 Å². The molecule has 2 nitrogen and oxygen atoms in total. The summed E-state index contributed by atoms with van der Waals surface area (Å²) in [5.74, 6) is 0. The summed E-state index contributed by atoms with van der Waals surface area (Å²) in [6, 6.07) is 0.695. The van der Waals surface area contributed by atoms with Crippen LogP contribution in [0.4, 0.5) is 0 Å². The van der Waals surface area contributed by atoms with Crippen molar-refractivity contribution in [2.24, 2.45) is 11.1 Å². The molecule has 0 aliphatic carbocycles. The van der Waals surface area contributed by atoms with Crippen LogP contribution in [0.5, 0.6) is 0 Å². The van der Waals surface area contributed by atoms with Crippen molar-refractivity contribution in [2.45, 2.75) is 59.9 Å². The van der Waals surface area contributed by atoms with E-state index in [4.69, 9.17) is 5.73 Å². The van der Waals surface area contributed by atoms with E-state index in [0.717, 1.165) is 13.1 Å². The molecule has 0 amide bonds. The van der Waals surface area contributed by atoms with Crippen LogP contribution in [0.3, 0.4) is 0 Å². The van der Waals surface area contributed by atoms with E-state index in [1.165, 1.54) is 25.8 Å². The van der Waals surface area contributed by atoms with Crippen LogP contribution in [-0.4, -0.2) is 30.6 Å². The molecule has 1 atom stereocenters. The minimum Gasteiger partial charge on any atom is -0.330 e. The van der Waals surface area contributed by atoms with Crippen molar-refractivity contribution >= 4 is 0 Å². The predicted octanol–water partition coefficient (Wildman–Crippen LogP) is 2.87. The summed E-state index contributed by atoms with van der Waals surface area (Å²) in [7, 11) is 0. The Morgan fingerprint density at radius 3 is 2.20 bits per heavy atom. The quantitative estimate of drug-likeness (QED) is 0.673. The van der Waals surface area contributed by atoms with Crippen LogP contribution in [0.2, 0.25) is 0 Å². The maximum Gasteiger partial charge on any atom is 0.00670 e. The van der Waals surface area contributed by atoms with Gasteiger partial charge in [0, 0.05) is 12.6 Å². The number of nitrogens with zero attached hydrogens (tertiary/aromatic N) is 1. The van der Waals surface area contributed by atoms with Gasteiger partial charge in [0.15, 0.2) is 0 Å². The van der Waals surface area contributed by atoms with Gasteiger partial charge in [0.2, 0.25) is 0 Å². The highest BCUT2D eigenvalue weighted by Gasteiger charge is 2.22. The average molecular weight is 214 g/mol. The van der Waals surface area contributed by atoms with Crippen LogP contribution in [0, 0.1) is 5.41 Å². The number of hydrogen-bond acceptors (Lipinski definition) is 2. The molecule has 0 rings (SSSR count). The zero-order valence-electron chi connectivity index (χ0n) is 11.3. The van der Waals surface area contributed by atoms with Crippen LogP contribution in [0.1, 0.15) is 53.9 Å².